The van der Waals surface area contributed by atoms with Crippen molar-refractivity contribution in [3.05, 3.63) is 101 Å². The molecule has 4 N–H and O–H groups in total. The summed E-state index contributed by atoms with van der Waals surface area (Å²) >= 11 is 0. The Morgan fingerprint density at radius 3 is 2.48 bits per heavy atom. The van der Waals surface area contributed by atoms with Crippen molar-refractivity contribution < 1.29 is 9.90 Å². The van der Waals surface area contributed by atoms with E-state index in [1.54, 1.807) is 24.4 Å². The summed E-state index contributed by atoms with van der Waals surface area (Å²) in [6, 6.07) is 19.8. The molecule has 202 valence electrons. The fraction of sp³-hybridized carbons (Fsp3) is 0.226. The summed E-state index contributed by atoms with van der Waals surface area (Å²) in [4.78, 5) is 34.8. The third kappa shape index (κ3) is 4.99. The number of nitrogen functional groups attached to an aromatic ring is 1. The molecule has 0 atom stereocenters. The van der Waals surface area contributed by atoms with Crippen LogP contribution in [0.3, 0.4) is 0 Å². The van der Waals surface area contributed by atoms with Gasteiger partial charge in [0.2, 0.25) is 0 Å². The highest BCUT2D eigenvalue weighted by Crippen LogP contribution is 2.35. The van der Waals surface area contributed by atoms with Crippen LogP contribution in [0.2, 0.25) is 0 Å². The van der Waals surface area contributed by atoms with E-state index in [-0.39, 0.29) is 11.7 Å². The Morgan fingerprint density at radius 2 is 1.73 bits per heavy atom. The second-order valence-electron chi connectivity index (χ2n) is 10.3. The van der Waals surface area contributed by atoms with E-state index in [1.165, 1.54) is 17.0 Å². The Bertz CT molecular complexity index is 1720. The Kier molecular flexibility index (Phi) is 6.88. The van der Waals surface area contributed by atoms with Crippen LogP contribution in [-0.4, -0.2) is 36.2 Å². The minimum Gasteiger partial charge on any atom is -0.393 e. The van der Waals surface area contributed by atoms with E-state index in [2.05, 4.69) is 26.0 Å². The van der Waals surface area contributed by atoms with Gasteiger partial charge in [-0.25, -0.2) is 9.97 Å². The van der Waals surface area contributed by atoms with Gasteiger partial charge in [-0.3, -0.25) is 14.2 Å². The molecule has 5 aromatic rings. The van der Waals surface area contributed by atoms with Crippen LogP contribution in [0.1, 0.15) is 36.0 Å². The number of hydrogen-bond acceptors (Lipinski definition) is 6. The number of anilines is 2. The maximum atomic E-state index is 13.0. The molecule has 0 radical (unpaired) electrons. The Labute approximate surface area is 230 Å². The molecule has 40 heavy (non-hydrogen) atoms. The van der Waals surface area contributed by atoms with Gasteiger partial charge >= 0.3 is 0 Å². The highest BCUT2D eigenvalue weighted by atomic mass is 16.3. The minimum atomic E-state index is -0.477. The summed E-state index contributed by atoms with van der Waals surface area (Å²) in [6.45, 7) is 0.797. The topological polar surface area (TPSA) is 128 Å². The maximum Gasteiger partial charge on any atom is 0.267 e. The SMILES string of the molecule is Nc1ncnc2c1c(-c1ccc(NC(=O)c3cccn(-c4ccccc4)c3=O)cc1)cn2C[C@H]1CC[C@H](O)CC1. The number of fused-ring (bicyclic) bond motifs is 1. The van der Waals surface area contributed by atoms with Gasteiger partial charge in [-0.1, -0.05) is 30.3 Å². The van der Waals surface area contributed by atoms with E-state index in [1.807, 2.05) is 42.5 Å². The number of aromatic nitrogens is 4. The molecule has 0 spiro atoms. The minimum absolute atomic E-state index is 0.0543. The zero-order valence-electron chi connectivity index (χ0n) is 21.9. The van der Waals surface area contributed by atoms with Gasteiger partial charge in [-0.15, -0.1) is 0 Å². The van der Waals surface area contributed by atoms with Gasteiger partial charge in [0.15, 0.2) is 0 Å². The van der Waals surface area contributed by atoms with E-state index >= 15 is 0 Å². The molecule has 2 aromatic carbocycles. The molecule has 1 amide bonds. The van der Waals surface area contributed by atoms with E-state index in [0.717, 1.165) is 54.4 Å². The normalized spacial score (nSPS) is 17.1. The van der Waals surface area contributed by atoms with Crippen LogP contribution in [0, 0.1) is 5.92 Å². The highest BCUT2D eigenvalue weighted by molar-refractivity contribution is 6.04. The first-order valence-electron chi connectivity index (χ1n) is 13.4. The number of benzene rings is 2. The van der Waals surface area contributed by atoms with Crippen molar-refractivity contribution in [1.29, 1.82) is 0 Å². The lowest BCUT2D eigenvalue weighted by molar-refractivity contribution is 0.102. The third-order valence-electron chi connectivity index (χ3n) is 7.63. The van der Waals surface area contributed by atoms with Gasteiger partial charge in [-0.2, -0.15) is 0 Å². The summed E-state index contributed by atoms with van der Waals surface area (Å²) in [7, 11) is 0. The zero-order valence-corrected chi connectivity index (χ0v) is 21.9. The fourth-order valence-corrected chi connectivity index (χ4v) is 5.50. The predicted octanol–water partition coefficient (Wildman–Crippen LogP) is 4.63. The van der Waals surface area contributed by atoms with Crippen molar-refractivity contribution in [3.8, 4) is 16.8 Å². The molecule has 9 nitrogen and oxygen atoms in total. The van der Waals surface area contributed by atoms with Crippen LogP contribution in [-0.2, 0) is 6.54 Å². The van der Waals surface area contributed by atoms with Crippen LogP contribution >= 0.6 is 0 Å². The van der Waals surface area contributed by atoms with Gasteiger partial charge in [0.05, 0.1) is 11.5 Å². The van der Waals surface area contributed by atoms with Crippen molar-refractivity contribution in [3.63, 3.8) is 0 Å². The molecule has 1 aliphatic carbocycles. The van der Waals surface area contributed by atoms with Gasteiger partial charge < -0.3 is 20.7 Å². The number of aliphatic hydroxyl groups is 1. The monoisotopic (exact) mass is 534 g/mol. The summed E-state index contributed by atoms with van der Waals surface area (Å²) < 4.78 is 3.59. The largest absolute Gasteiger partial charge is 0.393 e. The van der Waals surface area contributed by atoms with Crippen LogP contribution in [0.25, 0.3) is 27.8 Å². The van der Waals surface area contributed by atoms with Crippen molar-refractivity contribution in [2.75, 3.05) is 11.1 Å². The van der Waals surface area contributed by atoms with Crippen LogP contribution in [0.5, 0.6) is 0 Å². The van der Waals surface area contributed by atoms with Crippen molar-refractivity contribution in [2.24, 2.45) is 5.92 Å². The first-order chi connectivity index (χ1) is 19.5. The average Bonchev–Trinajstić information content (AvgIpc) is 3.34. The molecule has 3 heterocycles. The quantitative estimate of drug-likeness (QED) is 0.291. The smallest absolute Gasteiger partial charge is 0.267 e. The highest BCUT2D eigenvalue weighted by Gasteiger charge is 2.22. The first-order valence-corrected chi connectivity index (χ1v) is 13.4. The lowest BCUT2D eigenvalue weighted by Gasteiger charge is -2.25. The van der Waals surface area contributed by atoms with E-state index in [9.17, 15) is 14.7 Å². The van der Waals surface area contributed by atoms with E-state index in [4.69, 9.17) is 5.73 Å². The number of nitrogens with two attached hydrogens (primary N) is 1. The lowest BCUT2D eigenvalue weighted by atomic mass is 9.87. The van der Waals surface area contributed by atoms with Crippen molar-refractivity contribution in [1.82, 2.24) is 19.1 Å². The summed E-state index contributed by atoms with van der Waals surface area (Å²) in [5.74, 6) is 0.397. The van der Waals surface area contributed by atoms with Gasteiger partial charge in [0.25, 0.3) is 11.5 Å². The number of nitrogens with one attached hydrogen (secondary N) is 1. The molecule has 9 heteroatoms. The number of hydrogen-bond donors (Lipinski definition) is 3. The predicted molar refractivity (Wildman–Crippen MR) is 155 cm³/mol. The van der Waals surface area contributed by atoms with Crippen LogP contribution < -0.4 is 16.6 Å². The number of rotatable bonds is 6. The molecular formula is C31H30N6O3. The molecule has 3 aromatic heterocycles. The van der Waals surface area contributed by atoms with Crippen LogP contribution in [0.4, 0.5) is 11.5 Å². The van der Waals surface area contributed by atoms with Gasteiger partial charge in [-0.05, 0) is 73.6 Å². The summed E-state index contributed by atoms with van der Waals surface area (Å²) in [6.07, 6.45) is 8.59. The molecule has 0 aliphatic heterocycles. The number of nitrogens with zero attached hydrogens (tertiary/aromatic N) is 4. The Hall–Kier alpha value is -4.76. The number of carbonyl (C=O) groups is 1. The second kappa shape index (κ2) is 10.8. The average molecular weight is 535 g/mol. The summed E-state index contributed by atoms with van der Waals surface area (Å²) in [5.41, 5.74) is 9.83. The molecule has 1 saturated carbocycles. The fourth-order valence-electron chi connectivity index (χ4n) is 5.50. The Balaban J connectivity index is 1.25. The lowest BCUT2D eigenvalue weighted by Crippen LogP contribution is -2.27. The molecule has 0 saturated heterocycles. The molecule has 1 aliphatic rings. The van der Waals surface area contributed by atoms with Crippen molar-refractivity contribution >= 4 is 28.4 Å². The summed E-state index contributed by atoms with van der Waals surface area (Å²) in [5, 5.41) is 13.5. The van der Waals surface area contributed by atoms with E-state index < -0.39 is 11.5 Å². The molecular weight excluding hydrogens is 504 g/mol. The number of amides is 1. The molecule has 1 fully saturated rings. The van der Waals surface area contributed by atoms with Gasteiger partial charge in [0, 0.05) is 35.9 Å². The molecule has 0 bridgehead atoms. The number of aliphatic hydroxyl groups excluding tert-OH is 1. The second-order valence-corrected chi connectivity index (χ2v) is 10.3. The maximum absolute atomic E-state index is 13.0. The molecule has 0 unspecified atom stereocenters. The van der Waals surface area contributed by atoms with Crippen LogP contribution in [0.15, 0.2) is 90.2 Å². The van der Waals surface area contributed by atoms with Crippen molar-refractivity contribution in [2.45, 2.75) is 38.3 Å². The zero-order chi connectivity index (χ0) is 27.6. The third-order valence-corrected chi connectivity index (χ3v) is 7.63. The van der Waals surface area contributed by atoms with E-state index in [0.29, 0.717) is 23.1 Å². The number of para-hydroxylation sites is 1. The standard InChI is InChI=1S/C31H30N6O3/c32-28-27-26(18-36(29(27)34-19-33-28)17-20-8-14-24(38)15-9-20)21-10-12-22(13-11-21)35-30(39)25-7-4-16-37(31(25)40)23-5-2-1-3-6-23/h1-7,10-13,16,18-20,24,38H,8-9,14-15,17H2,(H,35,39)(H2,32,33,34)/t20-,24-. The first kappa shape index (κ1) is 25.5. The van der Waals surface area contributed by atoms with Gasteiger partial charge in [0.1, 0.15) is 23.4 Å². The molecule has 6 rings (SSSR count). The number of carbonyl (C=O) groups excluding carboxylic acids is 1. The number of pyridine rings is 1. The Morgan fingerprint density at radius 1 is 0.975 bits per heavy atom.